The summed E-state index contributed by atoms with van der Waals surface area (Å²) in [5.41, 5.74) is -0.237. The number of carboxylic acid groups (broad SMARTS) is 1. The molecule has 0 heterocycles. The SMILES string of the molecule is COc1ccc(CC(C(=O)Nc2cccc(C(F)(F)F)c2)C(C)C(=O)O)cc1. The van der Waals surface area contributed by atoms with Crippen LogP contribution in [0.4, 0.5) is 18.9 Å². The first-order chi connectivity index (χ1) is 13.1. The molecule has 0 aliphatic heterocycles. The Morgan fingerprint density at radius 3 is 2.32 bits per heavy atom. The predicted molar refractivity (Wildman–Crippen MR) is 97.1 cm³/mol. The summed E-state index contributed by atoms with van der Waals surface area (Å²) in [6, 6.07) is 11.0. The molecule has 2 aromatic rings. The van der Waals surface area contributed by atoms with Gasteiger partial charge in [-0.1, -0.05) is 25.1 Å². The van der Waals surface area contributed by atoms with Gasteiger partial charge in [0.2, 0.25) is 5.91 Å². The van der Waals surface area contributed by atoms with Gasteiger partial charge in [0.1, 0.15) is 5.75 Å². The number of rotatable bonds is 7. The number of carbonyl (C=O) groups excluding carboxylic acids is 1. The van der Waals surface area contributed by atoms with Crippen LogP contribution >= 0.6 is 0 Å². The van der Waals surface area contributed by atoms with Crippen molar-refractivity contribution in [2.24, 2.45) is 11.8 Å². The number of hydrogen-bond acceptors (Lipinski definition) is 3. The quantitative estimate of drug-likeness (QED) is 0.736. The lowest BCUT2D eigenvalue weighted by Gasteiger charge is -2.21. The number of aliphatic carboxylic acids is 1. The van der Waals surface area contributed by atoms with Gasteiger partial charge in [-0.15, -0.1) is 0 Å². The number of carbonyl (C=O) groups is 2. The number of anilines is 1. The van der Waals surface area contributed by atoms with E-state index < -0.39 is 35.5 Å². The average Bonchev–Trinajstić information content (AvgIpc) is 2.65. The van der Waals surface area contributed by atoms with Crippen LogP contribution in [-0.2, 0) is 22.2 Å². The highest BCUT2D eigenvalue weighted by Crippen LogP contribution is 2.31. The van der Waals surface area contributed by atoms with Crippen molar-refractivity contribution < 1.29 is 32.6 Å². The third kappa shape index (κ3) is 5.48. The van der Waals surface area contributed by atoms with Crippen molar-refractivity contribution >= 4 is 17.6 Å². The number of amides is 1. The minimum absolute atomic E-state index is 0.0443. The summed E-state index contributed by atoms with van der Waals surface area (Å²) in [4.78, 5) is 24.1. The number of ether oxygens (including phenoxy) is 1. The molecule has 2 aromatic carbocycles. The highest BCUT2D eigenvalue weighted by Gasteiger charge is 2.32. The third-order valence-corrected chi connectivity index (χ3v) is 4.40. The molecule has 0 aliphatic carbocycles. The molecule has 0 spiro atoms. The molecule has 2 rings (SSSR count). The molecular formula is C20H20F3NO4. The number of halogens is 3. The van der Waals surface area contributed by atoms with Gasteiger partial charge in [-0.3, -0.25) is 9.59 Å². The van der Waals surface area contributed by atoms with Crippen molar-refractivity contribution in [2.45, 2.75) is 19.5 Å². The molecule has 28 heavy (non-hydrogen) atoms. The summed E-state index contributed by atoms with van der Waals surface area (Å²) in [5, 5.41) is 11.7. The van der Waals surface area contributed by atoms with Gasteiger partial charge in [-0.05, 0) is 42.3 Å². The van der Waals surface area contributed by atoms with Gasteiger partial charge in [0.05, 0.1) is 24.5 Å². The topological polar surface area (TPSA) is 75.6 Å². The first kappa shape index (κ1) is 21.3. The normalized spacial score (nSPS) is 13.5. The highest BCUT2D eigenvalue weighted by atomic mass is 19.4. The lowest BCUT2D eigenvalue weighted by molar-refractivity contribution is -0.145. The van der Waals surface area contributed by atoms with E-state index in [1.54, 1.807) is 24.3 Å². The molecule has 0 fully saturated rings. The molecule has 0 saturated heterocycles. The van der Waals surface area contributed by atoms with Gasteiger partial charge >= 0.3 is 12.1 Å². The standard InChI is InChI=1S/C20H20F3NO4/c1-12(19(26)27)17(10-13-6-8-16(28-2)9-7-13)18(25)24-15-5-3-4-14(11-15)20(21,22)23/h3-9,11-12,17H,10H2,1-2H3,(H,24,25)(H,26,27). The summed E-state index contributed by atoms with van der Waals surface area (Å²) in [6.07, 6.45) is -4.43. The molecule has 0 bridgehead atoms. The second-order valence-electron chi connectivity index (χ2n) is 6.35. The summed E-state index contributed by atoms with van der Waals surface area (Å²) < 4.78 is 43.6. The van der Waals surface area contributed by atoms with E-state index in [0.29, 0.717) is 11.3 Å². The van der Waals surface area contributed by atoms with Crippen molar-refractivity contribution in [3.05, 3.63) is 59.7 Å². The van der Waals surface area contributed by atoms with Crippen LogP contribution in [0.25, 0.3) is 0 Å². The minimum atomic E-state index is -4.54. The van der Waals surface area contributed by atoms with Crippen molar-refractivity contribution in [2.75, 3.05) is 12.4 Å². The van der Waals surface area contributed by atoms with Crippen LogP contribution in [0, 0.1) is 11.8 Å². The molecular weight excluding hydrogens is 375 g/mol. The molecule has 2 atom stereocenters. The Hall–Kier alpha value is -3.03. The minimum Gasteiger partial charge on any atom is -0.497 e. The lowest BCUT2D eigenvalue weighted by Crippen LogP contribution is -2.33. The van der Waals surface area contributed by atoms with Crippen LogP contribution in [0.2, 0.25) is 0 Å². The van der Waals surface area contributed by atoms with Crippen molar-refractivity contribution in [1.29, 1.82) is 0 Å². The van der Waals surface area contributed by atoms with Crippen LogP contribution < -0.4 is 10.1 Å². The van der Waals surface area contributed by atoms with E-state index in [9.17, 15) is 27.9 Å². The Morgan fingerprint density at radius 2 is 1.79 bits per heavy atom. The fourth-order valence-corrected chi connectivity index (χ4v) is 2.69. The fourth-order valence-electron chi connectivity index (χ4n) is 2.69. The summed E-state index contributed by atoms with van der Waals surface area (Å²) in [5.74, 6) is -3.23. The molecule has 2 unspecified atom stereocenters. The number of hydrogen-bond donors (Lipinski definition) is 2. The first-order valence-corrected chi connectivity index (χ1v) is 8.45. The van der Waals surface area contributed by atoms with E-state index in [0.717, 1.165) is 12.1 Å². The second kappa shape index (κ2) is 8.77. The molecule has 0 saturated carbocycles. The van der Waals surface area contributed by atoms with E-state index in [-0.39, 0.29) is 12.1 Å². The maximum absolute atomic E-state index is 12.8. The Kier molecular flexibility index (Phi) is 6.66. The maximum atomic E-state index is 12.8. The molecule has 8 heteroatoms. The monoisotopic (exact) mass is 395 g/mol. The first-order valence-electron chi connectivity index (χ1n) is 8.45. The molecule has 1 amide bonds. The number of benzene rings is 2. The van der Waals surface area contributed by atoms with Crippen LogP contribution in [0.3, 0.4) is 0 Å². The molecule has 150 valence electrons. The summed E-state index contributed by atoms with van der Waals surface area (Å²) in [7, 11) is 1.51. The van der Waals surface area contributed by atoms with Crippen LogP contribution in [0.15, 0.2) is 48.5 Å². The smallest absolute Gasteiger partial charge is 0.416 e. The maximum Gasteiger partial charge on any atom is 0.416 e. The lowest BCUT2D eigenvalue weighted by atomic mass is 9.87. The number of methoxy groups -OCH3 is 1. The zero-order chi connectivity index (χ0) is 20.9. The number of alkyl halides is 3. The third-order valence-electron chi connectivity index (χ3n) is 4.40. The highest BCUT2D eigenvalue weighted by molar-refractivity contribution is 5.95. The van der Waals surface area contributed by atoms with Gasteiger partial charge in [0.25, 0.3) is 0 Å². The van der Waals surface area contributed by atoms with E-state index in [2.05, 4.69) is 5.32 Å². The van der Waals surface area contributed by atoms with Gasteiger partial charge < -0.3 is 15.2 Å². The molecule has 0 radical (unpaired) electrons. The molecule has 0 aromatic heterocycles. The van der Waals surface area contributed by atoms with E-state index in [1.807, 2.05) is 0 Å². The Morgan fingerprint density at radius 1 is 1.14 bits per heavy atom. The predicted octanol–water partition coefficient (Wildman–Crippen LogP) is 4.23. The molecule has 2 N–H and O–H groups in total. The van der Waals surface area contributed by atoms with Gasteiger partial charge in [0, 0.05) is 5.69 Å². The van der Waals surface area contributed by atoms with Crippen LogP contribution in [-0.4, -0.2) is 24.1 Å². The fraction of sp³-hybridized carbons (Fsp3) is 0.300. The van der Waals surface area contributed by atoms with Gasteiger partial charge in [-0.2, -0.15) is 13.2 Å². The Balaban J connectivity index is 2.23. The zero-order valence-electron chi connectivity index (χ0n) is 15.3. The van der Waals surface area contributed by atoms with E-state index in [1.165, 1.54) is 26.2 Å². The van der Waals surface area contributed by atoms with Crippen LogP contribution in [0.5, 0.6) is 5.75 Å². The second-order valence-corrected chi connectivity index (χ2v) is 6.35. The van der Waals surface area contributed by atoms with Gasteiger partial charge in [0.15, 0.2) is 0 Å². The average molecular weight is 395 g/mol. The Labute approximate surface area is 160 Å². The van der Waals surface area contributed by atoms with Crippen molar-refractivity contribution in [3.8, 4) is 5.75 Å². The Bertz CT molecular complexity index is 834. The number of carboxylic acids is 1. The van der Waals surface area contributed by atoms with E-state index in [4.69, 9.17) is 4.74 Å². The summed E-state index contributed by atoms with van der Waals surface area (Å²) in [6.45, 7) is 1.39. The summed E-state index contributed by atoms with van der Waals surface area (Å²) >= 11 is 0. The van der Waals surface area contributed by atoms with Crippen molar-refractivity contribution in [3.63, 3.8) is 0 Å². The van der Waals surface area contributed by atoms with E-state index >= 15 is 0 Å². The zero-order valence-corrected chi connectivity index (χ0v) is 15.3. The largest absolute Gasteiger partial charge is 0.497 e. The molecule has 5 nitrogen and oxygen atoms in total. The van der Waals surface area contributed by atoms with Crippen LogP contribution in [0.1, 0.15) is 18.1 Å². The van der Waals surface area contributed by atoms with Gasteiger partial charge in [-0.25, -0.2) is 0 Å². The number of nitrogens with one attached hydrogen (secondary N) is 1. The molecule has 0 aliphatic rings. The van der Waals surface area contributed by atoms with Crippen molar-refractivity contribution in [1.82, 2.24) is 0 Å².